The molecule has 1 aliphatic rings. The van der Waals surface area contributed by atoms with Crippen molar-refractivity contribution in [2.75, 3.05) is 98.2 Å². The largest absolute Gasteiger partial charge is 0.369 e. The summed E-state index contributed by atoms with van der Waals surface area (Å²) >= 11 is 0. The van der Waals surface area contributed by atoms with Crippen molar-refractivity contribution < 1.29 is 24.0 Å². The number of nitrogens with two attached hydrogens (primary N) is 3. The fourth-order valence-electron chi connectivity index (χ4n) is 4.75. The van der Waals surface area contributed by atoms with Crippen LogP contribution in [-0.4, -0.2) is 156 Å². The first kappa shape index (κ1) is 37.2. The van der Waals surface area contributed by atoms with E-state index in [1.54, 1.807) is 0 Å². The third-order valence-corrected chi connectivity index (χ3v) is 8.41. The summed E-state index contributed by atoms with van der Waals surface area (Å²) in [4.78, 5) is 67.4. The highest BCUT2D eigenvalue weighted by Crippen LogP contribution is 2.03. The Morgan fingerprint density at radius 1 is 0.571 bits per heavy atom. The summed E-state index contributed by atoms with van der Waals surface area (Å²) in [6, 6.07) is 0.948. The van der Waals surface area contributed by atoms with Crippen molar-refractivity contribution in [2.24, 2.45) is 17.2 Å². The van der Waals surface area contributed by atoms with Gasteiger partial charge in [-0.3, -0.25) is 38.8 Å². The van der Waals surface area contributed by atoms with Gasteiger partial charge in [0.25, 0.3) is 0 Å². The lowest BCUT2D eigenvalue weighted by atomic mass is 10.2. The lowest BCUT2D eigenvalue weighted by Crippen LogP contribution is -2.47. The van der Waals surface area contributed by atoms with Crippen LogP contribution < -0.4 is 33.2 Å². The van der Waals surface area contributed by atoms with Crippen molar-refractivity contribution in [1.29, 1.82) is 0 Å². The zero-order valence-corrected chi connectivity index (χ0v) is 26.7. The molecular formula is C26H54N10O5Si. The van der Waals surface area contributed by atoms with Gasteiger partial charge in [0.05, 0.1) is 26.2 Å². The van der Waals surface area contributed by atoms with Crippen molar-refractivity contribution in [3.8, 4) is 0 Å². The molecule has 0 saturated carbocycles. The molecule has 1 heterocycles. The molecule has 15 nitrogen and oxygen atoms in total. The number of nitrogens with zero attached hydrogens (tertiary/aromatic N) is 4. The topological polar surface area (TPSA) is 212 Å². The Kier molecular flexibility index (Phi) is 19.4. The number of urea groups is 1. The quantitative estimate of drug-likeness (QED) is 0.0806. The third kappa shape index (κ3) is 20.1. The van der Waals surface area contributed by atoms with E-state index in [9.17, 15) is 24.0 Å². The molecule has 42 heavy (non-hydrogen) atoms. The van der Waals surface area contributed by atoms with E-state index in [-0.39, 0.29) is 38.1 Å². The summed E-state index contributed by atoms with van der Waals surface area (Å²) in [6.45, 7) is 10.7. The van der Waals surface area contributed by atoms with Gasteiger partial charge in [0.15, 0.2) is 0 Å². The summed E-state index contributed by atoms with van der Waals surface area (Å²) in [5.41, 5.74) is 16.4. The maximum atomic E-state index is 12.7. The van der Waals surface area contributed by atoms with Crippen LogP contribution in [0.5, 0.6) is 0 Å². The molecule has 1 saturated heterocycles. The second-order valence-electron chi connectivity index (χ2n) is 11.3. The molecule has 9 N–H and O–H groups in total. The maximum absolute atomic E-state index is 12.7. The van der Waals surface area contributed by atoms with Gasteiger partial charge in [0.2, 0.25) is 23.6 Å². The summed E-state index contributed by atoms with van der Waals surface area (Å²) in [5.74, 6) is -1.47. The van der Waals surface area contributed by atoms with E-state index >= 15 is 0 Å². The van der Waals surface area contributed by atoms with Crippen LogP contribution in [0.25, 0.3) is 0 Å². The Balaban J connectivity index is 2.69. The number of carbonyl (C=O) groups excluding carboxylic acids is 5. The van der Waals surface area contributed by atoms with Gasteiger partial charge >= 0.3 is 6.03 Å². The highest BCUT2D eigenvalue weighted by molar-refractivity contribution is 6.55. The normalized spacial score (nSPS) is 17.3. The van der Waals surface area contributed by atoms with Crippen molar-refractivity contribution in [1.82, 2.24) is 35.6 Å². The lowest BCUT2D eigenvalue weighted by Gasteiger charge is -2.31. The van der Waals surface area contributed by atoms with Crippen LogP contribution in [0.15, 0.2) is 0 Å². The predicted octanol–water partition coefficient (Wildman–Crippen LogP) is -3.26. The molecule has 6 amide bonds. The molecule has 242 valence electrons. The average molecular weight is 615 g/mol. The molecule has 0 radical (unpaired) electrons. The van der Waals surface area contributed by atoms with E-state index in [4.69, 9.17) is 17.2 Å². The minimum absolute atomic E-state index is 0.0926. The number of primary amides is 3. The molecule has 0 aromatic heterocycles. The molecular weight excluding hydrogens is 560 g/mol. The molecule has 0 aliphatic carbocycles. The van der Waals surface area contributed by atoms with Gasteiger partial charge in [-0.15, -0.1) is 0 Å². The van der Waals surface area contributed by atoms with E-state index in [0.717, 1.165) is 6.42 Å². The molecule has 0 bridgehead atoms. The van der Waals surface area contributed by atoms with Gasteiger partial charge in [-0.05, 0) is 45.4 Å². The fraction of sp³-hybridized carbons (Fsp3) is 0.808. The summed E-state index contributed by atoms with van der Waals surface area (Å²) in [5, 5.41) is 8.44. The van der Waals surface area contributed by atoms with Gasteiger partial charge in [-0.25, -0.2) is 4.79 Å². The molecule has 0 aromatic carbocycles. The van der Waals surface area contributed by atoms with Gasteiger partial charge in [-0.1, -0.05) is 19.1 Å². The Bertz CT molecular complexity index is 850. The Hall–Kier alpha value is -2.79. The molecule has 1 rings (SSSR count). The summed E-state index contributed by atoms with van der Waals surface area (Å²) < 4.78 is 0. The Morgan fingerprint density at radius 2 is 0.952 bits per heavy atom. The predicted molar refractivity (Wildman–Crippen MR) is 165 cm³/mol. The molecule has 1 aliphatic heterocycles. The van der Waals surface area contributed by atoms with E-state index in [1.165, 1.54) is 6.04 Å². The zero-order chi connectivity index (χ0) is 31.3. The van der Waals surface area contributed by atoms with Crippen LogP contribution in [-0.2, 0) is 19.2 Å². The second kappa shape index (κ2) is 21.8. The van der Waals surface area contributed by atoms with E-state index in [2.05, 4.69) is 29.0 Å². The molecule has 0 atom stereocenters. The molecule has 0 aromatic rings. The van der Waals surface area contributed by atoms with Crippen LogP contribution in [0.4, 0.5) is 4.79 Å². The first-order valence-electron chi connectivity index (χ1n) is 15.0. The van der Waals surface area contributed by atoms with Crippen LogP contribution in [0.2, 0.25) is 19.1 Å². The third-order valence-electron chi connectivity index (χ3n) is 6.84. The van der Waals surface area contributed by atoms with Gasteiger partial charge in [0, 0.05) is 54.6 Å². The fourth-order valence-corrected chi connectivity index (χ4v) is 5.77. The smallest absolute Gasteiger partial charge is 0.314 e. The highest BCUT2D eigenvalue weighted by Gasteiger charge is 2.18. The van der Waals surface area contributed by atoms with Crippen LogP contribution in [0.1, 0.15) is 19.3 Å². The Labute approximate surface area is 251 Å². The Morgan fingerprint density at radius 3 is 1.36 bits per heavy atom. The number of hydrogen-bond acceptors (Lipinski definition) is 9. The minimum atomic E-state index is -0.616. The van der Waals surface area contributed by atoms with Crippen LogP contribution >= 0.6 is 0 Å². The molecule has 0 spiro atoms. The maximum Gasteiger partial charge on any atom is 0.314 e. The van der Waals surface area contributed by atoms with Crippen molar-refractivity contribution in [3.05, 3.63) is 0 Å². The van der Waals surface area contributed by atoms with Crippen molar-refractivity contribution in [2.45, 2.75) is 38.4 Å². The van der Waals surface area contributed by atoms with Gasteiger partial charge in [0.1, 0.15) is 0 Å². The number of carbonyl (C=O) groups is 5. The first-order chi connectivity index (χ1) is 19.9. The van der Waals surface area contributed by atoms with E-state index < -0.39 is 26.5 Å². The average Bonchev–Trinajstić information content (AvgIpc) is 2.88. The number of nitrogens with one attached hydrogen (secondary N) is 3. The van der Waals surface area contributed by atoms with E-state index in [1.807, 2.05) is 19.6 Å². The molecule has 1 fully saturated rings. The van der Waals surface area contributed by atoms with Gasteiger partial charge in [-0.2, -0.15) is 0 Å². The van der Waals surface area contributed by atoms with Crippen molar-refractivity contribution in [3.63, 3.8) is 0 Å². The molecule has 16 heteroatoms. The number of hydrogen-bond donors (Lipinski definition) is 6. The summed E-state index contributed by atoms with van der Waals surface area (Å²) in [7, 11) is -0.616. The highest BCUT2D eigenvalue weighted by atomic mass is 28.3. The standard InChI is InChI=1S/C26H54N10O5Si/c1-42(2)17-3-6-31-26(41)32-8-7-30-25(40)21-36-12-5-11-34(19-23(28)38)14-13-33(18-22(27)37)9-4-10-35(15-16-36)20-24(29)39/h42H,3-21H2,1-2H3,(H2,27,37)(H2,28,38)(H2,29,39)(H,30,40)(H2,31,32,41). The number of amides is 6. The van der Waals surface area contributed by atoms with E-state index in [0.29, 0.717) is 84.8 Å². The SMILES string of the molecule is C[SiH](C)CCCNC(=O)NCCNC(=O)CN1CCCN(CC(N)=O)CCN(CC(N)=O)CCCN(CC(N)=O)CC1. The first-order valence-corrected chi connectivity index (χ1v) is 18.1. The minimum Gasteiger partial charge on any atom is -0.369 e. The molecule has 0 unspecified atom stereocenters. The lowest BCUT2D eigenvalue weighted by molar-refractivity contribution is -0.123. The van der Waals surface area contributed by atoms with Gasteiger partial charge < -0.3 is 33.2 Å². The number of rotatable bonds is 15. The van der Waals surface area contributed by atoms with Crippen LogP contribution in [0, 0.1) is 0 Å². The summed E-state index contributed by atoms with van der Waals surface area (Å²) in [6.07, 6.45) is 2.33. The van der Waals surface area contributed by atoms with Crippen molar-refractivity contribution >= 4 is 38.5 Å². The zero-order valence-electron chi connectivity index (χ0n) is 25.6. The monoisotopic (exact) mass is 614 g/mol. The second-order valence-corrected chi connectivity index (χ2v) is 14.6. The van der Waals surface area contributed by atoms with Crippen LogP contribution in [0.3, 0.4) is 0 Å².